The standard InChI is InChI=1S/C15H17N3O3S/c1-4-15(3,14-16-8-9-22-14)17-13(19)11-6-5-7-12(10(11)2)18(20)21/h5-9H,4H2,1-3H3,(H,17,19)/t15-/m0/s1. The van der Waals surface area contributed by atoms with Crippen LogP contribution in [0.3, 0.4) is 0 Å². The van der Waals surface area contributed by atoms with E-state index in [1.165, 1.54) is 23.5 Å². The minimum atomic E-state index is -0.595. The van der Waals surface area contributed by atoms with Crippen LogP contribution < -0.4 is 5.32 Å². The minimum Gasteiger partial charge on any atom is -0.340 e. The Morgan fingerprint density at radius 2 is 2.23 bits per heavy atom. The molecule has 22 heavy (non-hydrogen) atoms. The molecule has 0 aliphatic rings. The third kappa shape index (κ3) is 2.99. The second kappa shape index (κ2) is 6.23. The fraction of sp³-hybridized carbons (Fsp3) is 0.333. The summed E-state index contributed by atoms with van der Waals surface area (Å²) in [4.78, 5) is 27.3. The molecule has 0 unspecified atom stereocenters. The van der Waals surface area contributed by atoms with Gasteiger partial charge in [-0.1, -0.05) is 13.0 Å². The van der Waals surface area contributed by atoms with E-state index in [4.69, 9.17) is 0 Å². The first-order valence-electron chi connectivity index (χ1n) is 6.85. The van der Waals surface area contributed by atoms with Gasteiger partial charge in [0.1, 0.15) is 5.01 Å². The molecule has 1 aromatic heterocycles. The molecule has 0 saturated carbocycles. The van der Waals surface area contributed by atoms with E-state index in [9.17, 15) is 14.9 Å². The van der Waals surface area contributed by atoms with E-state index in [1.54, 1.807) is 19.2 Å². The van der Waals surface area contributed by atoms with Gasteiger partial charge in [0.05, 0.1) is 10.5 Å². The molecule has 0 aliphatic heterocycles. The summed E-state index contributed by atoms with van der Waals surface area (Å²) in [5.41, 5.74) is 0.0237. The Morgan fingerprint density at radius 3 is 2.77 bits per heavy atom. The molecule has 1 amide bonds. The summed E-state index contributed by atoms with van der Waals surface area (Å²) in [6.45, 7) is 5.44. The quantitative estimate of drug-likeness (QED) is 0.676. The van der Waals surface area contributed by atoms with E-state index >= 15 is 0 Å². The average Bonchev–Trinajstić information content (AvgIpc) is 3.01. The van der Waals surface area contributed by atoms with Crippen molar-refractivity contribution >= 4 is 22.9 Å². The van der Waals surface area contributed by atoms with Crippen molar-refractivity contribution < 1.29 is 9.72 Å². The number of thiazole rings is 1. The summed E-state index contributed by atoms with van der Waals surface area (Å²) in [6.07, 6.45) is 2.36. The maximum atomic E-state index is 12.6. The number of nitro groups is 1. The third-order valence-electron chi connectivity index (χ3n) is 3.75. The Bertz CT molecular complexity index is 700. The van der Waals surface area contributed by atoms with Gasteiger partial charge in [-0.15, -0.1) is 11.3 Å². The van der Waals surface area contributed by atoms with Crippen molar-refractivity contribution in [2.75, 3.05) is 0 Å². The van der Waals surface area contributed by atoms with Crippen molar-refractivity contribution in [3.63, 3.8) is 0 Å². The Kier molecular flexibility index (Phi) is 4.56. The van der Waals surface area contributed by atoms with Crippen molar-refractivity contribution in [3.8, 4) is 0 Å². The first kappa shape index (κ1) is 16.1. The summed E-state index contributed by atoms with van der Waals surface area (Å²) in [5, 5.41) is 16.6. The number of nitro benzene ring substituents is 1. The van der Waals surface area contributed by atoms with Crippen LogP contribution in [0.2, 0.25) is 0 Å². The molecule has 7 heteroatoms. The molecule has 1 heterocycles. The van der Waals surface area contributed by atoms with Crippen molar-refractivity contribution in [1.29, 1.82) is 0 Å². The maximum absolute atomic E-state index is 12.6. The molecule has 2 aromatic rings. The van der Waals surface area contributed by atoms with Crippen LogP contribution >= 0.6 is 11.3 Å². The maximum Gasteiger partial charge on any atom is 0.273 e. The van der Waals surface area contributed by atoms with Crippen LogP contribution in [0.4, 0.5) is 5.69 Å². The summed E-state index contributed by atoms with van der Waals surface area (Å²) in [5.74, 6) is -0.333. The SMILES string of the molecule is CC[C@](C)(NC(=O)c1cccc([N+](=O)[O-])c1C)c1nccs1. The summed E-state index contributed by atoms with van der Waals surface area (Å²) in [7, 11) is 0. The van der Waals surface area contributed by atoms with Crippen molar-refractivity contribution in [2.45, 2.75) is 32.7 Å². The largest absolute Gasteiger partial charge is 0.340 e. The Labute approximate surface area is 132 Å². The highest BCUT2D eigenvalue weighted by Gasteiger charge is 2.30. The topological polar surface area (TPSA) is 85.1 Å². The second-order valence-electron chi connectivity index (χ2n) is 5.18. The highest BCUT2D eigenvalue weighted by atomic mass is 32.1. The fourth-order valence-electron chi connectivity index (χ4n) is 2.17. The van der Waals surface area contributed by atoms with Crippen LogP contribution in [0.15, 0.2) is 29.8 Å². The average molecular weight is 319 g/mol. The highest BCUT2D eigenvalue weighted by molar-refractivity contribution is 7.09. The van der Waals surface area contributed by atoms with Crippen LogP contribution in [0.25, 0.3) is 0 Å². The number of carbonyl (C=O) groups is 1. The number of carbonyl (C=O) groups excluding carboxylic acids is 1. The van der Waals surface area contributed by atoms with Gasteiger partial charge in [-0.3, -0.25) is 14.9 Å². The first-order chi connectivity index (χ1) is 10.4. The normalized spacial score (nSPS) is 13.4. The van der Waals surface area contributed by atoms with E-state index in [-0.39, 0.29) is 11.6 Å². The van der Waals surface area contributed by atoms with Gasteiger partial charge in [0.2, 0.25) is 0 Å². The summed E-state index contributed by atoms with van der Waals surface area (Å²) < 4.78 is 0. The molecule has 0 aliphatic carbocycles. The Balaban J connectivity index is 2.33. The fourth-order valence-corrected chi connectivity index (χ4v) is 3.00. The van der Waals surface area contributed by atoms with Gasteiger partial charge in [-0.05, 0) is 26.3 Å². The number of nitrogens with one attached hydrogen (secondary N) is 1. The van der Waals surface area contributed by atoms with Crippen LogP contribution in [0.1, 0.15) is 41.2 Å². The molecule has 116 valence electrons. The lowest BCUT2D eigenvalue weighted by Gasteiger charge is -2.27. The van der Waals surface area contributed by atoms with Gasteiger partial charge in [-0.2, -0.15) is 0 Å². The molecular weight excluding hydrogens is 302 g/mol. The van der Waals surface area contributed by atoms with Crippen LogP contribution in [0.5, 0.6) is 0 Å². The van der Waals surface area contributed by atoms with E-state index in [0.29, 0.717) is 17.5 Å². The smallest absolute Gasteiger partial charge is 0.273 e. The van der Waals surface area contributed by atoms with Gasteiger partial charge >= 0.3 is 0 Å². The summed E-state index contributed by atoms with van der Waals surface area (Å²) >= 11 is 1.47. The molecule has 0 spiro atoms. The Morgan fingerprint density at radius 1 is 1.50 bits per heavy atom. The zero-order valence-corrected chi connectivity index (χ0v) is 13.4. The van der Waals surface area contributed by atoms with Gasteiger partial charge in [0.15, 0.2) is 0 Å². The van der Waals surface area contributed by atoms with Gasteiger partial charge in [-0.25, -0.2) is 4.98 Å². The molecule has 1 aromatic carbocycles. The highest BCUT2D eigenvalue weighted by Crippen LogP contribution is 2.28. The van der Waals surface area contributed by atoms with E-state index in [1.807, 2.05) is 19.2 Å². The number of amides is 1. The molecule has 1 atom stereocenters. The monoisotopic (exact) mass is 319 g/mol. The molecular formula is C15H17N3O3S. The lowest BCUT2D eigenvalue weighted by molar-refractivity contribution is -0.385. The predicted octanol–water partition coefficient (Wildman–Crippen LogP) is 3.41. The van der Waals surface area contributed by atoms with Gasteiger partial charge < -0.3 is 5.32 Å². The van der Waals surface area contributed by atoms with Crippen LogP contribution in [0, 0.1) is 17.0 Å². The van der Waals surface area contributed by atoms with Gasteiger partial charge in [0, 0.05) is 28.8 Å². The molecule has 1 N–H and O–H groups in total. The third-order valence-corrected chi connectivity index (χ3v) is 4.78. The molecule has 0 bridgehead atoms. The number of benzene rings is 1. The number of hydrogen-bond acceptors (Lipinski definition) is 5. The lowest BCUT2D eigenvalue weighted by Crippen LogP contribution is -2.43. The first-order valence-corrected chi connectivity index (χ1v) is 7.73. The Hall–Kier alpha value is -2.28. The van der Waals surface area contributed by atoms with Crippen molar-refractivity contribution in [2.24, 2.45) is 0 Å². The van der Waals surface area contributed by atoms with Gasteiger partial charge in [0.25, 0.3) is 11.6 Å². The lowest BCUT2D eigenvalue weighted by atomic mass is 9.98. The number of aromatic nitrogens is 1. The van der Waals surface area contributed by atoms with E-state index in [0.717, 1.165) is 5.01 Å². The molecule has 6 nitrogen and oxygen atoms in total. The number of rotatable bonds is 5. The van der Waals surface area contributed by atoms with Crippen LogP contribution in [-0.4, -0.2) is 15.8 Å². The molecule has 2 rings (SSSR count). The molecule has 0 fully saturated rings. The zero-order chi connectivity index (χ0) is 16.3. The minimum absolute atomic E-state index is 0.0555. The zero-order valence-electron chi connectivity index (χ0n) is 12.6. The van der Waals surface area contributed by atoms with Crippen LogP contribution in [-0.2, 0) is 5.54 Å². The van der Waals surface area contributed by atoms with Crippen molar-refractivity contribution in [1.82, 2.24) is 10.3 Å². The number of hydrogen-bond donors (Lipinski definition) is 1. The van der Waals surface area contributed by atoms with E-state index < -0.39 is 10.5 Å². The molecule has 0 saturated heterocycles. The predicted molar refractivity (Wildman–Crippen MR) is 85.1 cm³/mol. The number of nitrogens with zero attached hydrogens (tertiary/aromatic N) is 2. The molecule has 0 radical (unpaired) electrons. The van der Waals surface area contributed by atoms with Crippen molar-refractivity contribution in [3.05, 3.63) is 56.0 Å². The second-order valence-corrected chi connectivity index (χ2v) is 6.08. The summed E-state index contributed by atoms with van der Waals surface area (Å²) in [6, 6.07) is 4.51. The van der Waals surface area contributed by atoms with E-state index in [2.05, 4.69) is 10.3 Å².